The molecule has 28 heavy (non-hydrogen) atoms. The van der Waals surface area contributed by atoms with E-state index in [1.54, 1.807) is 0 Å². The molecule has 1 atom stereocenters. The van der Waals surface area contributed by atoms with Crippen molar-refractivity contribution < 1.29 is 9.59 Å². The van der Waals surface area contributed by atoms with Crippen LogP contribution in [0.15, 0.2) is 12.1 Å². The minimum absolute atomic E-state index is 0.0265. The molecule has 9 heteroatoms. The second-order valence-electron chi connectivity index (χ2n) is 7.32. The number of hydrogen-bond acceptors (Lipinski definition) is 6. The third-order valence-corrected chi connectivity index (χ3v) is 7.77. The number of amides is 2. The number of aryl methyl sites for hydroxylation is 1. The summed E-state index contributed by atoms with van der Waals surface area (Å²) in [6.07, 6.45) is 2.18. The van der Waals surface area contributed by atoms with Crippen LogP contribution in [0.1, 0.15) is 35.1 Å². The van der Waals surface area contributed by atoms with Crippen LogP contribution >= 0.6 is 34.3 Å². The lowest BCUT2D eigenvalue weighted by Crippen LogP contribution is -2.55. The van der Waals surface area contributed by atoms with Gasteiger partial charge in [0.2, 0.25) is 5.91 Å². The van der Waals surface area contributed by atoms with Crippen molar-refractivity contribution in [2.45, 2.75) is 38.8 Å². The van der Waals surface area contributed by atoms with Crippen LogP contribution in [0.25, 0.3) is 9.88 Å². The van der Waals surface area contributed by atoms with Crippen molar-refractivity contribution in [2.24, 2.45) is 0 Å². The van der Waals surface area contributed by atoms with E-state index in [4.69, 9.17) is 11.6 Å². The van der Waals surface area contributed by atoms with Gasteiger partial charge in [-0.2, -0.15) is 0 Å². The Morgan fingerprint density at radius 2 is 1.93 bits per heavy atom. The van der Waals surface area contributed by atoms with Crippen molar-refractivity contribution in [1.82, 2.24) is 20.1 Å². The van der Waals surface area contributed by atoms with Crippen LogP contribution in [-0.2, 0) is 4.79 Å². The minimum atomic E-state index is -0.154. The molecule has 6 nitrogen and oxygen atoms in total. The molecule has 2 aromatic heterocycles. The number of piperazine rings is 1. The lowest BCUT2D eigenvalue weighted by Gasteiger charge is -2.37. The molecule has 1 aliphatic heterocycles. The Hall–Kier alpha value is -1.48. The van der Waals surface area contributed by atoms with Gasteiger partial charge in [-0.3, -0.25) is 14.5 Å². The number of thiazole rings is 1. The number of thiophene rings is 1. The van der Waals surface area contributed by atoms with Gasteiger partial charge in [-0.1, -0.05) is 11.6 Å². The molecule has 1 saturated carbocycles. The molecule has 0 bridgehead atoms. The number of carbonyl (C=O) groups excluding carboxylic acids is 2. The highest BCUT2D eigenvalue weighted by Gasteiger charge is 2.32. The van der Waals surface area contributed by atoms with E-state index in [9.17, 15) is 9.59 Å². The number of carbonyl (C=O) groups is 2. The second kappa shape index (κ2) is 8.10. The summed E-state index contributed by atoms with van der Waals surface area (Å²) in [4.78, 5) is 35.5. The van der Waals surface area contributed by atoms with E-state index >= 15 is 0 Å². The Morgan fingerprint density at radius 3 is 2.54 bits per heavy atom. The Kier molecular flexibility index (Phi) is 5.73. The van der Waals surface area contributed by atoms with Crippen LogP contribution in [-0.4, -0.2) is 64.9 Å². The van der Waals surface area contributed by atoms with Crippen molar-refractivity contribution in [2.75, 3.05) is 26.2 Å². The maximum atomic E-state index is 13.0. The van der Waals surface area contributed by atoms with E-state index < -0.39 is 0 Å². The molecule has 4 rings (SSSR count). The summed E-state index contributed by atoms with van der Waals surface area (Å²) in [5, 5.41) is 3.90. The van der Waals surface area contributed by atoms with Gasteiger partial charge in [0.1, 0.15) is 9.88 Å². The zero-order valence-corrected chi connectivity index (χ0v) is 18.3. The van der Waals surface area contributed by atoms with Gasteiger partial charge in [0.05, 0.1) is 20.9 Å². The fourth-order valence-electron chi connectivity index (χ4n) is 3.30. The standard InChI is InChI=1S/C19H23ClN4O2S2/c1-11-16(28-18(21-11)14-5-6-15(20)27-14)19(26)24-9-7-23(8-10-24)12(2)17(25)22-13-3-4-13/h5-6,12-13H,3-4,7-10H2,1-2H3,(H,22,25). The molecule has 1 N–H and O–H groups in total. The average molecular weight is 439 g/mol. The predicted octanol–water partition coefficient (Wildman–Crippen LogP) is 3.26. The SMILES string of the molecule is Cc1nc(-c2ccc(Cl)s2)sc1C(=O)N1CCN(C(C)C(=O)NC2CC2)CC1. The van der Waals surface area contributed by atoms with Crippen LogP contribution in [0.4, 0.5) is 0 Å². The first kappa shape index (κ1) is 19.8. The molecule has 0 aromatic carbocycles. The summed E-state index contributed by atoms with van der Waals surface area (Å²) in [5.74, 6) is 0.124. The van der Waals surface area contributed by atoms with Gasteiger partial charge in [0.15, 0.2) is 0 Å². The van der Waals surface area contributed by atoms with Crippen molar-refractivity contribution in [3.63, 3.8) is 0 Å². The molecule has 1 aliphatic carbocycles. The van der Waals surface area contributed by atoms with E-state index in [2.05, 4.69) is 15.2 Å². The Bertz CT molecular complexity index is 884. The first-order chi connectivity index (χ1) is 13.4. The summed E-state index contributed by atoms with van der Waals surface area (Å²) >= 11 is 8.91. The summed E-state index contributed by atoms with van der Waals surface area (Å²) in [6, 6.07) is 4.00. The molecular weight excluding hydrogens is 416 g/mol. The molecular formula is C19H23ClN4O2S2. The maximum absolute atomic E-state index is 13.0. The number of nitrogens with zero attached hydrogens (tertiary/aromatic N) is 3. The lowest BCUT2D eigenvalue weighted by molar-refractivity contribution is -0.126. The summed E-state index contributed by atoms with van der Waals surface area (Å²) < 4.78 is 0.715. The molecule has 2 aliphatic rings. The van der Waals surface area contributed by atoms with Crippen LogP contribution in [0.3, 0.4) is 0 Å². The Morgan fingerprint density at radius 1 is 1.21 bits per heavy atom. The van der Waals surface area contributed by atoms with Crippen LogP contribution in [0.2, 0.25) is 4.34 Å². The molecule has 0 spiro atoms. The van der Waals surface area contributed by atoms with Crippen molar-refractivity contribution in [3.05, 3.63) is 27.0 Å². The largest absolute Gasteiger partial charge is 0.352 e. The Labute approximate surface area is 177 Å². The summed E-state index contributed by atoms with van der Waals surface area (Å²) in [7, 11) is 0. The molecule has 1 unspecified atom stereocenters. The van der Waals surface area contributed by atoms with Crippen LogP contribution in [0, 0.1) is 6.92 Å². The fraction of sp³-hybridized carbons (Fsp3) is 0.526. The monoisotopic (exact) mass is 438 g/mol. The number of nitrogens with one attached hydrogen (secondary N) is 1. The highest BCUT2D eigenvalue weighted by Crippen LogP contribution is 2.35. The van der Waals surface area contributed by atoms with Gasteiger partial charge < -0.3 is 10.2 Å². The number of aromatic nitrogens is 1. The Balaban J connectivity index is 1.37. The van der Waals surface area contributed by atoms with E-state index in [0.717, 1.165) is 28.4 Å². The second-order valence-corrected chi connectivity index (χ2v) is 10.0. The minimum Gasteiger partial charge on any atom is -0.352 e. The summed E-state index contributed by atoms with van der Waals surface area (Å²) in [5.41, 5.74) is 0.758. The third kappa shape index (κ3) is 4.25. The lowest BCUT2D eigenvalue weighted by atomic mass is 10.2. The molecule has 2 amide bonds. The van der Waals surface area contributed by atoms with E-state index in [-0.39, 0.29) is 17.9 Å². The van der Waals surface area contributed by atoms with Gasteiger partial charge >= 0.3 is 0 Å². The smallest absolute Gasteiger partial charge is 0.265 e. The van der Waals surface area contributed by atoms with Crippen molar-refractivity contribution in [3.8, 4) is 9.88 Å². The molecule has 2 aromatic rings. The zero-order valence-electron chi connectivity index (χ0n) is 15.9. The topological polar surface area (TPSA) is 65.5 Å². The fourth-order valence-corrected chi connectivity index (χ4v) is 5.43. The maximum Gasteiger partial charge on any atom is 0.265 e. The van der Waals surface area contributed by atoms with E-state index in [0.29, 0.717) is 41.4 Å². The van der Waals surface area contributed by atoms with Crippen molar-refractivity contribution >= 4 is 46.1 Å². The number of halogens is 1. The number of hydrogen-bond donors (Lipinski definition) is 1. The molecule has 0 radical (unpaired) electrons. The van der Waals surface area contributed by atoms with Crippen molar-refractivity contribution in [1.29, 1.82) is 0 Å². The number of rotatable bonds is 5. The van der Waals surface area contributed by atoms with Gasteiger partial charge in [0, 0.05) is 32.2 Å². The zero-order chi connectivity index (χ0) is 19.8. The van der Waals surface area contributed by atoms with E-state index in [1.807, 2.05) is 30.9 Å². The van der Waals surface area contributed by atoms with E-state index in [1.165, 1.54) is 22.7 Å². The first-order valence-corrected chi connectivity index (χ1v) is 11.5. The van der Waals surface area contributed by atoms with Gasteiger partial charge in [-0.25, -0.2) is 4.98 Å². The quantitative estimate of drug-likeness (QED) is 0.778. The van der Waals surface area contributed by atoms with Crippen LogP contribution < -0.4 is 5.32 Å². The molecule has 150 valence electrons. The normalized spacial score (nSPS) is 18.9. The highest BCUT2D eigenvalue weighted by atomic mass is 35.5. The molecule has 2 fully saturated rings. The van der Waals surface area contributed by atoms with Crippen LogP contribution in [0.5, 0.6) is 0 Å². The van der Waals surface area contributed by atoms with Gasteiger partial charge in [-0.05, 0) is 38.8 Å². The van der Waals surface area contributed by atoms with Gasteiger partial charge in [0.25, 0.3) is 5.91 Å². The molecule has 3 heterocycles. The predicted molar refractivity (Wildman–Crippen MR) is 113 cm³/mol. The highest BCUT2D eigenvalue weighted by molar-refractivity contribution is 7.24. The third-order valence-electron chi connectivity index (χ3n) is 5.23. The summed E-state index contributed by atoms with van der Waals surface area (Å²) in [6.45, 7) is 6.48. The molecule has 1 saturated heterocycles. The van der Waals surface area contributed by atoms with Gasteiger partial charge in [-0.15, -0.1) is 22.7 Å². The first-order valence-electron chi connectivity index (χ1n) is 9.49. The average Bonchev–Trinajstić information content (AvgIpc) is 3.26.